The summed E-state index contributed by atoms with van der Waals surface area (Å²) in [6.45, 7) is 4.14. The van der Waals surface area contributed by atoms with Gasteiger partial charge in [0.25, 0.3) is 0 Å². The molecule has 0 amide bonds. The van der Waals surface area contributed by atoms with E-state index in [1.807, 2.05) is 31.0 Å². The lowest BCUT2D eigenvalue weighted by atomic mass is 10.1. The molecular weight excluding hydrogens is 393 g/mol. The third-order valence-electron chi connectivity index (χ3n) is 4.23. The zero-order chi connectivity index (χ0) is 21.3. The van der Waals surface area contributed by atoms with Crippen LogP contribution in [0.4, 0.5) is 4.39 Å². The van der Waals surface area contributed by atoms with Gasteiger partial charge in [0, 0.05) is 26.4 Å². The van der Waals surface area contributed by atoms with Crippen LogP contribution in [0.3, 0.4) is 0 Å². The highest BCUT2D eigenvalue weighted by atomic mass is 32.2. The third kappa shape index (κ3) is 7.38. The first-order chi connectivity index (χ1) is 13.8. The van der Waals surface area contributed by atoms with Crippen molar-refractivity contribution in [3.05, 3.63) is 59.9 Å². The monoisotopic (exact) mass is 421 g/mol. The average Bonchev–Trinajstić information content (AvgIpc) is 2.68. The number of sulfone groups is 1. The van der Waals surface area contributed by atoms with E-state index in [-0.39, 0.29) is 11.6 Å². The molecule has 0 saturated carbocycles. The third-order valence-corrected chi connectivity index (χ3v) is 5.36. The maximum absolute atomic E-state index is 13.6. The summed E-state index contributed by atoms with van der Waals surface area (Å²) in [5.74, 6) is 0.593. The standard InChI is InChI=1S/C21H28FN3O3S/c1-4-23-21(25(2)15-16-28-20-8-6-5-7-19(20)22)24-14-13-17-9-11-18(12-10-17)29(3,26)27/h5-12H,4,13-16H2,1-3H3,(H,23,24). The summed E-state index contributed by atoms with van der Waals surface area (Å²) in [6.07, 6.45) is 1.89. The normalized spacial score (nSPS) is 11.9. The molecular formula is C21H28FN3O3S. The number of aliphatic imine (C=N–C) groups is 1. The molecule has 0 unspecified atom stereocenters. The molecule has 0 aliphatic heterocycles. The van der Waals surface area contributed by atoms with Gasteiger partial charge in [-0.05, 0) is 43.2 Å². The maximum Gasteiger partial charge on any atom is 0.193 e. The summed E-state index contributed by atoms with van der Waals surface area (Å²) in [7, 11) is -1.29. The van der Waals surface area contributed by atoms with Gasteiger partial charge in [-0.2, -0.15) is 0 Å². The predicted octanol–water partition coefficient (Wildman–Crippen LogP) is 2.75. The molecule has 1 N–H and O–H groups in total. The van der Waals surface area contributed by atoms with Gasteiger partial charge in [-0.15, -0.1) is 0 Å². The van der Waals surface area contributed by atoms with Crippen LogP contribution in [-0.4, -0.2) is 58.8 Å². The molecule has 2 aromatic carbocycles. The van der Waals surface area contributed by atoms with Gasteiger partial charge >= 0.3 is 0 Å². The van der Waals surface area contributed by atoms with Gasteiger partial charge in [0.1, 0.15) is 6.61 Å². The SMILES string of the molecule is CCNC(=NCCc1ccc(S(C)(=O)=O)cc1)N(C)CCOc1ccccc1F. The first kappa shape index (κ1) is 22.7. The van der Waals surface area contributed by atoms with Gasteiger partial charge in [-0.25, -0.2) is 12.8 Å². The van der Waals surface area contributed by atoms with Crippen LogP contribution >= 0.6 is 0 Å². The molecule has 0 spiro atoms. The minimum atomic E-state index is -3.18. The summed E-state index contributed by atoms with van der Waals surface area (Å²) >= 11 is 0. The van der Waals surface area contributed by atoms with Gasteiger partial charge in [0.15, 0.2) is 27.4 Å². The lowest BCUT2D eigenvalue weighted by Gasteiger charge is -2.22. The summed E-state index contributed by atoms with van der Waals surface area (Å²) < 4.78 is 42.1. The number of para-hydroxylation sites is 1. The minimum Gasteiger partial charge on any atom is -0.489 e. The Morgan fingerprint density at radius 3 is 2.48 bits per heavy atom. The molecule has 0 bridgehead atoms. The van der Waals surface area contributed by atoms with Crippen LogP contribution in [-0.2, 0) is 16.3 Å². The van der Waals surface area contributed by atoms with Crippen LogP contribution in [0, 0.1) is 5.82 Å². The topological polar surface area (TPSA) is 71.0 Å². The fourth-order valence-electron chi connectivity index (χ4n) is 2.62. The number of hydrogen-bond donors (Lipinski definition) is 1. The van der Waals surface area contributed by atoms with Crippen LogP contribution < -0.4 is 10.1 Å². The van der Waals surface area contributed by atoms with E-state index in [9.17, 15) is 12.8 Å². The smallest absolute Gasteiger partial charge is 0.193 e. The maximum atomic E-state index is 13.6. The van der Waals surface area contributed by atoms with E-state index in [0.717, 1.165) is 18.1 Å². The molecule has 0 saturated heterocycles. The molecule has 2 aromatic rings. The molecule has 0 aromatic heterocycles. The van der Waals surface area contributed by atoms with Gasteiger partial charge in [0.05, 0.1) is 11.4 Å². The van der Waals surface area contributed by atoms with Crippen molar-refractivity contribution in [1.29, 1.82) is 0 Å². The zero-order valence-electron chi connectivity index (χ0n) is 17.1. The van der Waals surface area contributed by atoms with Crippen molar-refractivity contribution >= 4 is 15.8 Å². The Hall–Kier alpha value is -2.61. The quantitative estimate of drug-likeness (QED) is 0.498. The Morgan fingerprint density at radius 1 is 1.17 bits per heavy atom. The number of benzene rings is 2. The summed E-state index contributed by atoms with van der Waals surface area (Å²) in [6, 6.07) is 13.2. The molecule has 0 aliphatic rings. The van der Waals surface area contributed by atoms with Crippen LogP contribution in [0.25, 0.3) is 0 Å². The van der Waals surface area contributed by atoms with Crippen LogP contribution in [0.2, 0.25) is 0 Å². The highest BCUT2D eigenvalue weighted by Crippen LogP contribution is 2.15. The van der Waals surface area contributed by atoms with Crippen LogP contribution in [0.15, 0.2) is 58.4 Å². The molecule has 0 heterocycles. The Kier molecular flexibility index (Phi) is 8.45. The van der Waals surface area contributed by atoms with Gasteiger partial charge in [-0.1, -0.05) is 24.3 Å². The van der Waals surface area contributed by atoms with Crippen molar-refractivity contribution in [1.82, 2.24) is 10.2 Å². The highest BCUT2D eigenvalue weighted by Gasteiger charge is 2.08. The molecule has 0 aliphatic carbocycles. The summed E-state index contributed by atoms with van der Waals surface area (Å²) in [5, 5.41) is 3.22. The highest BCUT2D eigenvalue weighted by molar-refractivity contribution is 7.90. The van der Waals surface area contributed by atoms with E-state index >= 15 is 0 Å². The second-order valence-electron chi connectivity index (χ2n) is 6.60. The first-order valence-electron chi connectivity index (χ1n) is 9.47. The fraction of sp³-hybridized carbons (Fsp3) is 0.381. The lowest BCUT2D eigenvalue weighted by Crippen LogP contribution is -2.41. The second-order valence-corrected chi connectivity index (χ2v) is 8.62. The van der Waals surface area contributed by atoms with E-state index in [4.69, 9.17) is 4.74 Å². The van der Waals surface area contributed by atoms with Crippen molar-refractivity contribution in [3.8, 4) is 5.75 Å². The minimum absolute atomic E-state index is 0.236. The number of hydrogen-bond acceptors (Lipinski definition) is 4. The molecule has 0 fully saturated rings. The van der Waals surface area contributed by atoms with Crippen molar-refractivity contribution in [2.45, 2.75) is 18.2 Å². The van der Waals surface area contributed by atoms with E-state index in [2.05, 4.69) is 10.3 Å². The van der Waals surface area contributed by atoms with E-state index in [0.29, 0.717) is 31.0 Å². The number of ether oxygens (including phenoxy) is 1. The molecule has 2 rings (SSSR count). The Bertz CT molecular complexity index is 915. The number of guanidine groups is 1. The molecule has 158 valence electrons. The average molecular weight is 422 g/mol. The summed E-state index contributed by atoms with van der Waals surface area (Å²) in [4.78, 5) is 6.85. The zero-order valence-corrected chi connectivity index (χ0v) is 17.9. The molecule has 8 heteroatoms. The Balaban J connectivity index is 1.88. The van der Waals surface area contributed by atoms with Crippen molar-refractivity contribution < 1.29 is 17.5 Å². The Morgan fingerprint density at radius 2 is 1.86 bits per heavy atom. The van der Waals surface area contributed by atoms with E-state index in [1.54, 1.807) is 30.3 Å². The number of likely N-dealkylation sites (N-methyl/N-ethyl adjacent to an activating group) is 1. The molecule has 0 atom stereocenters. The van der Waals surface area contributed by atoms with Crippen molar-refractivity contribution in [2.75, 3.05) is 39.5 Å². The number of nitrogens with one attached hydrogen (secondary N) is 1. The molecule has 6 nitrogen and oxygen atoms in total. The predicted molar refractivity (Wildman–Crippen MR) is 114 cm³/mol. The van der Waals surface area contributed by atoms with Crippen molar-refractivity contribution in [2.24, 2.45) is 4.99 Å². The first-order valence-corrected chi connectivity index (χ1v) is 11.4. The number of halogens is 1. The lowest BCUT2D eigenvalue weighted by molar-refractivity contribution is 0.270. The van der Waals surface area contributed by atoms with E-state index < -0.39 is 9.84 Å². The van der Waals surface area contributed by atoms with Crippen molar-refractivity contribution in [3.63, 3.8) is 0 Å². The second kappa shape index (κ2) is 10.8. The van der Waals surface area contributed by atoms with Gasteiger partial charge < -0.3 is 15.0 Å². The molecule has 29 heavy (non-hydrogen) atoms. The van der Waals surface area contributed by atoms with Gasteiger partial charge in [-0.3, -0.25) is 4.99 Å². The largest absolute Gasteiger partial charge is 0.489 e. The number of nitrogens with zero attached hydrogens (tertiary/aromatic N) is 2. The fourth-order valence-corrected chi connectivity index (χ4v) is 3.25. The Labute approximate surface area is 172 Å². The van der Waals surface area contributed by atoms with Gasteiger partial charge in [0.2, 0.25) is 0 Å². The van der Waals surface area contributed by atoms with E-state index in [1.165, 1.54) is 12.3 Å². The van der Waals surface area contributed by atoms with Crippen LogP contribution in [0.5, 0.6) is 5.75 Å². The molecule has 0 radical (unpaired) electrons. The number of rotatable bonds is 9. The summed E-state index contributed by atoms with van der Waals surface area (Å²) in [5.41, 5.74) is 1.02. The van der Waals surface area contributed by atoms with Crippen LogP contribution in [0.1, 0.15) is 12.5 Å².